The van der Waals surface area contributed by atoms with Crippen LogP contribution in [0.5, 0.6) is 0 Å². The fraction of sp³-hybridized carbons (Fsp3) is 0.750. The zero-order valence-electron chi connectivity index (χ0n) is 11.0. The third-order valence-corrected chi connectivity index (χ3v) is 3.60. The van der Waals surface area contributed by atoms with Crippen LogP contribution in [0.1, 0.15) is 18.7 Å². The summed E-state index contributed by atoms with van der Waals surface area (Å²) >= 11 is 0. The molecule has 1 fully saturated rings. The van der Waals surface area contributed by atoms with Crippen molar-refractivity contribution in [1.82, 2.24) is 19.4 Å². The predicted octanol–water partition coefficient (Wildman–Crippen LogP) is 0.149. The molecular formula is C12H23N5. The Morgan fingerprint density at radius 1 is 1.47 bits per heavy atom. The highest BCUT2D eigenvalue weighted by molar-refractivity contribution is 5.03. The Morgan fingerprint density at radius 3 is 2.94 bits per heavy atom. The zero-order valence-corrected chi connectivity index (χ0v) is 11.0. The fourth-order valence-corrected chi connectivity index (χ4v) is 2.39. The van der Waals surface area contributed by atoms with Crippen molar-refractivity contribution in [2.75, 3.05) is 33.7 Å². The minimum Gasteiger partial charge on any atom is -0.332 e. The van der Waals surface area contributed by atoms with Gasteiger partial charge < -0.3 is 15.2 Å². The molecule has 1 aliphatic rings. The number of imidazole rings is 1. The van der Waals surface area contributed by atoms with Crippen LogP contribution in [0.15, 0.2) is 12.5 Å². The SMILES string of the molecule is C[C@H](N)c1cncn1CC1CN(C)CCN1C. The van der Waals surface area contributed by atoms with E-state index in [1.807, 2.05) is 19.4 Å². The predicted molar refractivity (Wildman–Crippen MR) is 68.7 cm³/mol. The van der Waals surface area contributed by atoms with E-state index >= 15 is 0 Å². The van der Waals surface area contributed by atoms with E-state index in [0.29, 0.717) is 6.04 Å². The second kappa shape index (κ2) is 5.16. The highest BCUT2D eigenvalue weighted by Gasteiger charge is 2.23. The van der Waals surface area contributed by atoms with Crippen molar-refractivity contribution in [1.29, 1.82) is 0 Å². The van der Waals surface area contributed by atoms with Crippen molar-refractivity contribution in [3.8, 4) is 0 Å². The molecule has 0 amide bonds. The van der Waals surface area contributed by atoms with E-state index in [1.165, 1.54) is 0 Å². The summed E-state index contributed by atoms with van der Waals surface area (Å²) in [7, 11) is 4.38. The molecular weight excluding hydrogens is 214 g/mol. The number of likely N-dealkylation sites (N-methyl/N-ethyl adjacent to an activating group) is 2. The van der Waals surface area contributed by atoms with Crippen LogP contribution in [-0.4, -0.2) is 59.1 Å². The standard InChI is InChI=1S/C12H23N5/c1-10(13)12-6-14-9-17(12)8-11-7-15(2)4-5-16(11)3/h6,9-11H,4-5,7-8,13H2,1-3H3/t10-,11?/m0/s1. The summed E-state index contributed by atoms with van der Waals surface area (Å²) in [6.07, 6.45) is 3.76. The van der Waals surface area contributed by atoms with Crippen LogP contribution in [0.3, 0.4) is 0 Å². The summed E-state index contributed by atoms with van der Waals surface area (Å²) in [5, 5.41) is 0. The van der Waals surface area contributed by atoms with Gasteiger partial charge in [0.2, 0.25) is 0 Å². The first-order valence-electron chi connectivity index (χ1n) is 6.22. The van der Waals surface area contributed by atoms with E-state index in [0.717, 1.165) is 31.9 Å². The molecule has 1 unspecified atom stereocenters. The van der Waals surface area contributed by atoms with E-state index in [-0.39, 0.29) is 6.04 Å². The third kappa shape index (κ3) is 2.86. The maximum atomic E-state index is 5.94. The molecule has 2 heterocycles. The van der Waals surface area contributed by atoms with E-state index < -0.39 is 0 Å². The van der Waals surface area contributed by atoms with Gasteiger partial charge >= 0.3 is 0 Å². The Hall–Kier alpha value is -0.910. The largest absolute Gasteiger partial charge is 0.332 e. The maximum Gasteiger partial charge on any atom is 0.0949 e. The van der Waals surface area contributed by atoms with Gasteiger partial charge in [0.15, 0.2) is 0 Å². The normalized spacial score (nSPS) is 25.1. The van der Waals surface area contributed by atoms with Crippen LogP contribution >= 0.6 is 0 Å². The van der Waals surface area contributed by atoms with Crippen LogP contribution in [-0.2, 0) is 6.54 Å². The molecule has 0 aromatic carbocycles. The van der Waals surface area contributed by atoms with Crippen LogP contribution < -0.4 is 5.73 Å². The molecule has 0 bridgehead atoms. The van der Waals surface area contributed by atoms with Gasteiger partial charge in [0.25, 0.3) is 0 Å². The van der Waals surface area contributed by atoms with Crippen LogP contribution in [0.4, 0.5) is 0 Å². The lowest BCUT2D eigenvalue weighted by atomic mass is 10.1. The van der Waals surface area contributed by atoms with Crippen molar-refractivity contribution in [2.45, 2.75) is 25.6 Å². The van der Waals surface area contributed by atoms with E-state index in [4.69, 9.17) is 5.73 Å². The summed E-state index contributed by atoms with van der Waals surface area (Å²) in [6.45, 7) is 6.36. The highest BCUT2D eigenvalue weighted by atomic mass is 15.3. The van der Waals surface area contributed by atoms with E-state index in [2.05, 4.69) is 33.4 Å². The summed E-state index contributed by atoms with van der Waals surface area (Å²) < 4.78 is 2.19. The fourth-order valence-electron chi connectivity index (χ4n) is 2.39. The lowest BCUT2D eigenvalue weighted by Gasteiger charge is -2.38. The van der Waals surface area contributed by atoms with Crippen molar-refractivity contribution >= 4 is 0 Å². The molecule has 17 heavy (non-hydrogen) atoms. The highest BCUT2D eigenvalue weighted by Crippen LogP contribution is 2.13. The molecule has 1 saturated heterocycles. The quantitative estimate of drug-likeness (QED) is 0.813. The number of hydrogen-bond acceptors (Lipinski definition) is 4. The van der Waals surface area contributed by atoms with E-state index in [9.17, 15) is 0 Å². The van der Waals surface area contributed by atoms with Crippen molar-refractivity contribution in [3.63, 3.8) is 0 Å². The lowest BCUT2D eigenvalue weighted by molar-refractivity contribution is 0.102. The minimum atomic E-state index is 0.0455. The topological polar surface area (TPSA) is 50.3 Å². The van der Waals surface area contributed by atoms with Gasteiger partial charge in [0.1, 0.15) is 0 Å². The number of nitrogens with two attached hydrogens (primary N) is 1. The zero-order chi connectivity index (χ0) is 12.4. The molecule has 0 spiro atoms. The first-order valence-corrected chi connectivity index (χ1v) is 6.22. The molecule has 1 aromatic rings. The molecule has 0 aliphatic carbocycles. The summed E-state index contributed by atoms with van der Waals surface area (Å²) in [5.74, 6) is 0. The van der Waals surface area contributed by atoms with Gasteiger partial charge in [0, 0.05) is 44.5 Å². The van der Waals surface area contributed by atoms with Gasteiger partial charge in [0.05, 0.1) is 12.0 Å². The van der Waals surface area contributed by atoms with Crippen molar-refractivity contribution < 1.29 is 0 Å². The maximum absolute atomic E-state index is 5.94. The minimum absolute atomic E-state index is 0.0455. The number of piperazine rings is 1. The van der Waals surface area contributed by atoms with E-state index in [1.54, 1.807) is 0 Å². The summed E-state index contributed by atoms with van der Waals surface area (Å²) in [6, 6.07) is 0.588. The number of aromatic nitrogens is 2. The molecule has 5 heteroatoms. The van der Waals surface area contributed by atoms with Crippen molar-refractivity contribution in [3.05, 3.63) is 18.2 Å². The lowest BCUT2D eigenvalue weighted by Crippen LogP contribution is -2.51. The van der Waals surface area contributed by atoms with Crippen LogP contribution in [0.25, 0.3) is 0 Å². The Bertz CT molecular complexity index is 360. The monoisotopic (exact) mass is 237 g/mol. The Kier molecular flexibility index (Phi) is 3.81. The smallest absolute Gasteiger partial charge is 0.0949 e. The van der Waals surface area contributed by atoms with Gasteiger partial charge in [-0.2, -0.15) is 0 Å². The molecule has 5 nitrogen and oxygen atoms in total. The van der Waals surface area contributed by atoms with Gasteiger partial charge in [-0.05, 0) is 21.0 Å². The van der Waals surface area contributed by atoms with Gasteiger partial charge in [-0.25, -0.2) is 4.98 Å². The van der Waals surface area contributed by atoms with Gasteiger partial charge in [-0.1, -0.05) is 0 Å². The second-order valence-corrected chi connectivity index (χ2v) is 5.16. The molecule has 0 saturated carbocycles. The molecule has 96 valence electrons. The van der Waals surface area contributed by atoms with Gasteiger partial charge in [-0.3, -0.25) is 4.90 Å². The molecule has 2 N–H and O–H groups in total. The molecule has 1 aromatic heterocycles. The molecule has 2 rings (SSSR count). The molecule has 0 radical (unpaired) electrons. The molecule has 2 atom stereocenters. The Morgan fingerprint density at radius 2 is 2.24 bits per heavy atom. The third-order valence-electron chi connectivity index (χ3n) is 3.60. The average molecular weight is 237 g/mol. The summed E-state index contributed by atoms with van der Waals surface area (Å²) in [4.78, 5) is 9.01. The molecule has 1 aliphatic heterocycles. The first kappa shape index (κ1) is 12.5. The van der Waals surface area contributed by atoms with Crippen molar-refractivity contribution in [2.24, 2.45) is 5.73 Å². The Balaban J connectivity index is 2.06. The number of rotatable bonds is 3. The van der Waals surface area contributed by atoms with Crippen LogP contribution in [0, 0.1) is 0 Å². The Labute approximate surface area is 103 Å². The first-order chi connectivity index (χ1) is 8.08. The summed E-state index contributed by atoms with van der Waals surface area (Å²) in [5.41, 5.74) is 7.06. The second-order valence-electron chi connectivity index (χ2n) is 5.16. The van der Waals surface area contributed by atoms with Crippen LogP contribution in [0.2, 0.25) is 0 Å². The van der Waals surface area contributed by atoms with Gasteiger partial charge in [-0.15, -0.1) is 0 Å². The number of nitrogens with zero attached hydrogens (tertiary/aromatic N) is 4. The average Bonchev–Trinajstić information content (AvgIpc) is 2.71. The number of hydrogen-bond donors (Lipinski definition) is 1.